The van der Waals surface area contributed by atoms with Gasteiger partial charge in [0, 0.05) is 31.2 Å². The standard InChI is InChI=1S/C23H31N7O6/c1-13(28-21(33)16(24)10-15-11-26-12-27-15)20(32)29-17(7-8-19(25)31)22(34)30-18(23(35)36)9-14-5-3-2-4-6-14/h2-6,11-13,16-18H,7-10,24H2,1H3,(H2,25,31)(H,26,27)(H,28,33)(H,29,32)(H,30,34)(H,35,36). The highest BCUT2D eigenvalue weighted by Gasteiger charge is 2.29. The number of aromatic amines is 1. The fraction of sp³-hybridized carbons (Fsp3) is 0.391. The van der Waals surface area contributed by atoms with Gasteiger partial charge in [-0.3, -0.25) is 19.2 Å². The molecule has 2 rings (SSSR count). The van der Waals surface area contributed by atoms with Crippen LogP contribution in [0.4, 0.5) is 0 Å². The Morgan fingerprint density at radius 1 is 0.972 bits per heavy atom. The van der Waals surface area contributed by atoms with Crippen molar-refractivity contribution < 1.29 is 29.1 Å². The van der Waals surface area contributed by atoms with Gasteiger partial charge in [-0.1, -0.05) is 30.3 Å². The number of carboxylic acid groups (broad SMARTS) is 1. The van der Waals surface area contributed by atoms with Gasteiger partial charge in [0.05, 0.1) is 12.4 Å². The fourth-order valence-electron chi connectivity index (χ4n) is 3.29. The van der Waals surface area contributed by atoms with Gasteiger partial charge in [-0.15, -0.1) is 0 Å². The zero-order chi connectivity index (χ0) is 26.7. The Labute approximate surface area is 207 Å². The van der Waals surface area contributed by atoms with Gasteiger partial charge in [0.2, 0.25) is 23.6 Å². The van der Waals surface area contributed by atoms with Crippen molar-refractivity contribution in [1.29, 1.82) is 0 Å². The molecule has 4 amide bonds. The van der Waals surface area contributed by atoms with E-state index in [4.69, 9.17) is 11.5 Å². The summed E-state index contributed by atoms with van der Waals surface area (Å²) in [4.78, 5) is 67.6. The topological polar surface area (TPSA) is 222 Å². The second-order valence-corrected chi connectivity index (χ2v) is 8.27. The van der Waals surface area contributed by atoms with Crippen LogP contribution in [0.5, 0.6) is 0 Å². The number of aromatic nitrogens is 2. The van der Waals surface area contributed by atoms with Crippen LogP contribution in [-0.2, 0) is 36.8 Å². The zero-order valence-electron chi connectivity index (χ0n) is 19.8. The Morgan fingerprint density at radius 2 is 1.64 bits per heavy atom. The van der Waals surface area contributed by atoms with Crippen LogP contribution < -0.4 is 27.4 Å². The maximum atomic E-state index is 12.9. The first-order chi connectivity index (χ1) is 17.1. The second kappa shape index (κ2) is 13.6. The number of hydrogen-bond acceptors (Lipinski definition) is 7. The van der Waals surface area contributed by atoms with Crippen LogP contribution >= 0.6 is 0 Å². The van der Waals surface area contributed by atoms with Gasteiger partial charge >= 0.3 is 5.97 Å². The third-order valence-electron chi connectivity index (χ3n) is 5.29. The van der Waals surface area contributed by atoms with Gasteiger partial charge in [-0.05, 0) is 18.9 Å². The number of carbonyl (C=O) groups excluding carboxylic acids is 4. The van der Waals surface area contributed by atoms with Gasteiger partial charge < -0.3 is 37.5 Å². The van der Waals surface area contributed by atoms with E-state index < -0.39 is 53.8 Å². The molecular weight excluding hydrogens is 470 g/mol. The molecule has 0 aliphatic rings. The van der Waals surface area contributed by atoms with E-state index in [9.17, 15) is 29.1 Å². The fourth-order valence-corrected chi connectivity index (χ4v) is 3.29. The maximum absolute atomic E-state index is 12.9. The molecule has 0 saturated carbocycles. The van der Waals surface area contributed by atoms with Crippen molar-refractivity contribution >= 4 is 29.6 Å². The van der Waals surface area contributed by atoms with Gasteiger partial charge in [-0.2, -0.15) is 0 Å². The normalized spacial score (nSPS) is 14.1. The molecular formula is C23H31N7O6. The Kier molecular flexibility index (Phi) is 10.6. The van der Waals surface area contributed by atoms with E-state index in [0.29, 0.717) is 11.3 Å². The zero-order valence-corrected chi connectivity index (χ0v) is 19.8. The lowest BCUT2D eigenvalue weighted by atomic mass is 10.0. The lowest BCUT2D eigenvalue weighted by molar-refractivity contribution is -0.142. The molecule has 36 heavy (non-hydrogen) atoms. The Balaban J connectivity index is 2.01. The molecule has 13 nitrogen and oxygen atoms in total. The average Bonchev–Trinajstić information content (AvgIpc) is 3.34. The van der Waals surface area contributed by atoms with Crippen LogP contribution in [-0.4, -0.2) is 68.8 Å². The molecule has 0 aliphatic heterocycles. The summed E-state index contributed by atoms with van der Waals surface area (Å²) in [6.45, 7) is 1.40. The number of nitrogens with one attached hydrogen (secondary N) is 4. The van der Waals surface area contributed by atoms with E-state index in [1.165, 1.54) is 19.4 Å². The van der Waals surface area contributed by atoms with Crippen molar-refractivity contribution in [3.63, 3.8) is 0 Å². The van der Waals surface area contributed by atoms with E-state index >= 15 is 0 Å². The molecule has 1 aromatic heterocycles. The van der Waals surface area contributed by atoms with Crippen LogP contribution in [0.25, 0.3) is 0 Å². The highest BCUT2D eigenvalue weighted by atomic mass is 16.4. The monoisotopic (exact) mass is 501 g/mol. The number of nitrogens with two attached hydrogens (primary N) is 2. The number of carbonyl (C=O) groups is 5. The van der Waals surface area contributed by atoms with Crippen LogP contribution in [0.2, 0.25) is 0 Å². The van der Waals surface area contributed by atoms with E-state index in [1.807, 2.05) is 0 Å². The minimum atomic E-state index is -1.27. The predicted octanol–water partition coefficient (Wildman–Crippen LogP) is -1.65. The number of aliphatic carboxylic acids is 1. The lowest BCUT2D eigenvalue weighted by Crippen LogP contribution is -2.56. The number of nitrogens with zero attached hydrogens (tertiary/aromatic N) is 1. The van der Waals surface area contributed by atoms with Crippen LogP contribution in [0.1, 0.15) is 31.0 Å². The molecule has 13 heteroatoms. The first kappa shape index (κ1) is 28.0. The summed E-state index contributed by atoms with van der Waals surface area (Å²) in [5.74, 6) is -4.09. The molecule has 0 bridgehead atoms. The summed E-state index contributed by atoms with van der Waals surface area (Å²) < 4.78 is 0. The quantitative estimate of drug-likeness (QED) is 0.158. The van der Waals surface area contributed by atoms with Crippen molar-refractivity contribution in [2.45, 2.75) is 56.8 Å². The molecule has 9 N–H and O–H groups in total. The van der Waals surface area contributed by atoms with Crippen LogP contribution in [0.3, 0.4) is 0 Å². The summed E-state index contributed by atoms with van der Waals surface area (Å²) in [5.41, 5.74) is 12.4. The Bertz CT molecular complexity index is 1040. The number of imidazole rings is 1. The highest BCUT2D eigenvalue weighted by molar-refractivity contribution is 5.94. The SMILES string of the molecule is CC(NC(=O)C(N)Cc1cnc[nH]1)C(=O)NC(CCC(N)=O)C(=O)NC(Cc1ccccc1)C(=O)O. The highest BCUT2D eigenvalue weighted by Crippen LogP contribution is 2.06. The van der Waals surface area contributed by atoms with Gasteiger partial charge in [-0.25, -0.2) is 9.78 Å². The first-order valence-corrected chi connectivity index (χ1v) is 11.3. The van der Waals surface area contributed by atoms with Crippen molar-refractivity contribution in [3.8, 4) is 0 Å². The predicted molar refractivity (Wildman–Crippen MR) is 128 cm³/mol. The molecule has 0 saturated heterocycles. The molecule has 0 aliphatic carbocycles. The maximum Gasteiger partial charge on any atom is 0.326 e. The number of primary amides is 1. The van der Waals surface area contributed by atoms with E-state index in [-0.39, 0.29) is 25.7 Å². The van der Waals surface area contributed by atoms with Gasteiger partial charge in [0.15, 0.2) is 0 Å². The number of carboxylic acids is 1. The molecule has 4 atom stereocenters. The van der Waals surface area contributed by atoms with Gasteiger partial charge in [0.25, 0.3) is 0 Å². The molecule has 0 radical (unpaired) electrons. The molecule has 4 unspecified atom stereocenters. The Morgan fingerprint density at radius 3 is 2.22 bits per heavy atom. The largest absolute Gasteiger partial charge is 0.480 e. The van der Waals surface area contributed by atoms with Crippen LogP contribution in [0, 0.1) is 0 Å². The van der Waals surface area contributed by atoms with E-state index in [1.54, 1.807) is 30.3 Å². The minimum absolute atomic E-state index is 0.0130. The summed E-state index contributed by atoms with van der Waals surface area (Å²) in [6, 6.07) is 4.12. The van der Waals surface area contributed by atoms with Crippen molar-refractivity contribution in [1.82, 2.24) is 25.9 Å². The third-order valence-corrected chi connectivity index (χ3v) is 5.29. The number of rotatable bonds is 14. The number of hydrogen-bond donors (Lipinski definition) is 7. The number of benzene rings is 1. The lowest BCUT2D eigenvalue weighted by Gasteiger charge is -2.23. The summed E-state index contributed by atoms with van der Waals surface area (Å²) in [7, 11) is 0. The molecule has 0 spiro atoms. The number of H-pyrrole nitrogens is 1. The van der Waals surface area contributed by atoms with Gasteiger partial charge in [0.1, 0.15) is 18.1 Å². The molecule has 1 aromatic carbocycles. The summed E-state index contributed by atoms with van der Waals surface area (Å²) >= 11 is 0. The average molecular weight is 502 g/mol. The van der Waals surface area contributed by atoms with Crippen molar-refractivity contribution in [2.75, 3.05) is 0 Å². The van der Waals surface area contributed by atoms with E-state index in [2.05, 4.69) is 25.9 Å². The second-order valence-electron chi connectivity index (χ2n) is 8.27. The molecule has 2 aromatic rings. The number of amides is 4. The Hall–Kier alpha value is -4.26. The van der Waals surface area contributed by atoms with Crippen molar-refractivity contribution in [2.24, 2.45) is 11.5 Å². The molecule has 194 valence electrons. The van der Waals surface area contributed by atoms with E-state index in [0.717, 1.165) is 0 Å². The summed E-state index contributed by atoms with van der Waals surface area (Å²) in [5, 5.41) is 16.9. The summed E-state index contributed by atoms with van der Waals surface area (Å²) in [6.07, 6.45) is 2.76. The third kappa shape index (κ3) is 9.18. The molecule has 1 heterocycles. The van der Waals surface area contributed by atoms with Crippen LogP contribution in [0.15, 0.2) is 42.9 Å². The molecule has 0 fully saturated rings. The van der Waals surface area contributed by atoms with Crippen molar-refractivity contribution in [3.05, 3.63) is 54.1 Å². The first-order valence-electron chi connectivity index (χ1n) is 11.3. The minimum Gasteiger partial charge on any atom is -0.480 e. The smallest absolute Gasteiger partial charge is 0.326 e.